The van der Waals surface area contributed by atoms with Gasteiger partial charge in [-0.3, -0.25) is 0 Å². The number of halogens is 1. The van der Waals surface area contributed by atoms with Crippen LogP contribution in [0.4, 0.5) is 0 Å². The molecule has 2 aromatic heterocycles. The van der Waals surface area contributed by atoms with Crippen molar-refractivity contribution in [2.24, 2.45) is 12.0 Å². The van der Waals surface area contributed by atoms with E-state index in [-0.39, 0.29) is 24.0 Å². The van der Waals surface area contributed by atoms with E-state index in [2.05, 4.69) is 51.8 Å². The van der Waals surface area contributed by atoms with E-state index in [1.807, 2.05) is 29.9 Å². The first-order valence-corrected chi connectivity index (χ1v) is 9.40. The van der Waals surface area contributed by atoms with Gasteiger partial charge in [0.2, 0.25) is 0 Å². The summed E-state index contributed by atoms with van der Waals surface area (Å²) in [6.07, 6.45) is 3.38. The van der Waals surface area contributed by atoms with Gasteiger partial charge in [-0.05, 0) is 31.9 Å². The molecular weight excluding hydrogens is 447 g/mol. The SMILES string of the molecule is CCCCNC(=NCc1nnc(C)n1C)NCc1ccc(CC)s1.I. The van der Waals surface area contributed by atoms with E-state index in [0.29, 0.717) is 6.54 Å². The van der Waals surface area contributed by atoms with Crippen molar-refractivity contribution in [3.8, 4) is 0 Å². The first kappa shape index (κ1) is 21.9. The van der Waals surface area contributed by atoms with Gasteiger partial charge in [-0.15, -0.1) is 45.5 Å². The lowest BCUT2D eigenvalue weighted by Crippen LogP contribution is -2.37. The zero-order chi connectivity index (χ0) is 17.4. The monoisotopic (exact) mass is 476 g/mol. The van der Waals surface area contributed by atoms with E-state index in [1.54, 1.807) is 0 Å². The number of hydrogen-bond donors (Lipinski definition) is 2. The topological polar surface area (TPSA) is 67.1 Å². The highest BCUT2D eigenvalue weighted by Crippen LogP contribution is 2.16. The van der Waals surface area contributed by atoms with Gasteiger partial charge in [0.15, 0.2) is 11.8 Å². The van der Waals surface area contributed by atoms with Crippen molar-refractivity contribution in [1.29, 1.82) is 0 Å². The Bertz CT molecular complexity index is 664. The predicted molar refractivity (Wildman–Crippen MR) is 116 cm³/mol. The molecule has 2 heterocycles. The van der Waals surface area contributed by atoms with E-state index in [1.165, 1.54) is 9.75 Å². The number of nitrogens with zero attached hydrogens (tertiary/aromatic N) is 4. The Balaban J connectivity index is 0.00000312. The van der Waals surface area contributed by atoms with Gasteiger partial charge in [0.05, 0.1) is 6.54 Å². The van der Waals surface area contributed by atoms with Gasteiger partial charge in [-0.1, -0.05) is 20.3 Å². The minimum Gasteiger partial charge on any atom is -0.356 e. The maximum absolute atomic E-state index is 4.66. The number of guanidine groups is 1. The molecule has 8 heteroatoms. The molecule has 6 nitrogen and oxygen atoms in total. The van der Waals surface area contributed by atoms with Crippen LogP contribution in [0.25, 0.3) is 0 Å². The highest BCUT2D eigenvalue weighted by molar-refractivity contribution is 14.0. The lowest BCUT2D eigenvalue weighted by atomic mass is 10.3. The summed E-state index contributed by atoms with van der Waals surface area (Å²) in [6.45, 7) is 8.55. The van der Waals surface area contributed by atoms with E-state index < -0.39 is 0 Å². The zero-order valence-corrected chi connectivity index (χ0v) is 18.6. The summed E-state index contributed by atoms with van der Waals surface area (Å²) in [4.78, 5) is 7.40. The lowest BCUT2D eigenvalue weighted by molar-refractivity contribution is 0.717. The fourth-order valence-electron chi connectivity index (χ4n) is 2.17. The molecule has 0 unspecified atom stereocenters. The molecule has 0 aliphatic rings. The second-order valence-electron chi connectivity index (χ2n) is 5.74. The third kappa shape index (κ3) is 6.93. The molecule has 0 aromatic carbocycles. The molecule has 0 amide bonds. The first-order chi connectivity index (χ1) is 11.6. The van der Waals surface area contributed by atoms with Gasteiger partial charge in [0, 0.05) is 23.3 Å². The predicted octanol–water partition coefficient (Wildman–Crippen LogP) is 3.40. The Morgan fingerprint density at radius 1 is 1.20 bits per heavy atom. The Kier molecular flexibility index (Phi) is 10.0. The molecule has 0 aliphatic heterocycles. The van der Waals surface area contributed by atoms with Gasteiger partial charge < -0.3 is 15.2 Å². The van der Waals surface area contributed by atoms with Crippen LogP contribution in [0.3, 0.4) is 0 Å². The molecule has 0 saturated heterocycles. The van der Waals surface area contributed by atoms with Crippen LogP contribution in [0.15, 0.2) is 17.1 Å². The molecular formula is C17H29IN6S. The van der Waals surface area contributed by atoms with E-state index in [0.717, 1.165) is 50.0 Å². The highest BCUT2D eigenvalue weighted by atomic mass is 127. The second-order valence-corrected chi connectivity index (χ2v) is 7.00. The molecule has 2 rings (SSSR count). The van der Waals surface area contributed by atoms with Crippen molar-refractivity contribution in [1.82, 2.24) is 25.4 Å². The molecule has 0 bridgehead atoms. The normalized spacial score (nSPS) is 11.3. The average Bonchev–Trinajstić information content (AvgIpc) is 3.18. The Morgan fingerprint density at radius 3 is 2.56 bits per heavy atom. The van der Waals surface area contributed by atoms with Crippen LogP contribution in [-0.4, -0.2) is 27.3 Å². The standard InChI is InChI=1S/C17H28N6S.HI/c1-5-7-10-18-17(19-11-15-9-8-14(6-2)24-15)20-12-16-22-21-13(3)23(16)4;/h8-9H,5-7,10-12H2,1-4H3,(H2,18,19,20);1H. The Morgan fingerprint density at radius 2 is 1.96 bits per heavy atom. The van der Waals surface area contributed by atoms with Crippen LogP contribution in [0.1, 0.15) is 48.1 Å². The van der Waals surface area contributed by atoms with Gasteiger partial charge in [-0.2, -0.15) is 0 Å². The Labute approximate surface area is 171 Å². The second kappa shape index (κ2) is 11.5. The molecule has 0 spiro atoms. The molecule has 2 N–H and O–H groups in total. The number of unbranched alkanes of at least 4 members (excludes halogenated alkanes) is 1. The van der Waals surface area contributed by atoms with Crippen LogP contribution < -0.4 is 10.6 Å². The molecule has 25 heavy (non-hydrogen) atoms. The largest absolute Gasteiger partial charge is 0.356 e. The maximum Gasteiger partial charge on any atom is 0.192 e. The van der Waals surface area contributed by atoms with Crippen molar-refractivity contribution in [2.75, 3.05) is 6.54 Å². The summed E-state index contributed by atoms with van der Waals surface area (Å²) in [6, 6.07) is 4.39. The summed E-state index contributed by atoms with van der Waals surface area (Å²) in [5.41, 5.74) is 0. The van der Waals surface area contributed by atoms with Crippen LogP contribution in [0, 0.1) is 6.92 Å². The third-order valence-electron chi connectivity index (χ3n) is 3.88. The molecule has 0 fully saturated rings. The fraction of sp³-hybridized carbons (Fsp3) is 0.588. The fourth-order valence-corrected chi connectivity index (χ4v) is 3.07. The maximum atomic E-state index is 4.66. The molecule has 0 aliphatic carbocycles. The highest BCUT2D eigenvalue weighted by Gasteiger charge is 2.06. The van der Waals surface area contributed by atoms with Crippen molar-refractivity contribution in [3.05, 3.63) is 33.5 Å². The van der Waals surface area contributed by atoms with Crippen LogP contribution >= 0.6 is 35.3 Å². The minimum atomic E-state index is 0. The summed E-state index contributed by atoms with van der Waals surface area (Å²) >= 11 is 1.85. The van der Waals surface area contributed by atoms with Crippen LogP contribution in [0.2, 0.25) is 0 Å². The molecule has 0 saturated carbocycles. The third-order valence-corrected chi connectivity index (χ3v) is 5.11. The smallest absolute Gasteiger partial charge is 0.192 e. The Hall–Kier alpha value is -1.16. The first-order valence-electron chi connectivity index (χ1n) is 8.58. The van der Waals surface area contributed by atoms with E-state index in [4.69, 9.17) is 0 Å². The van der Waals surface area contributed by atoms with Crippen LogP contribution in [-0.2, 0) is 26.6 Å². The number of nitrogens with one attached hydrogen (secondary N) is 2. The average molecular weight is 476 g/mol. The van der Waals surface area contributed by atoms with E-state index in [9.17, 15) is 0 Å². The zero-order valence-electron chi connectivity index (χ0n) is 15.5. The van der Waals surface area contributed by atoms with Gasteiger partial charge in [0.25, 0.3) is 0 Å². The number of rotatable bonds is 8. The number of thiophene rings is 1. The van der Waals surface area contributed by atoms with Gasteiger partial charge in [0.1, 0.15) is 12.4 Å². The summed E-state index contributed by atoms with van der Waals surface area (Å²) < 4.78 is 1.97. The molecule has 2 aromatic rings. The quantitative estimate of drug-likeness (QED) is 0.265. The summed E-state index contributed by atoms with van der Waals surface area (Å²) in [5.74, 6) is 2.60. The number of aliphatic imine (C=N–C) groups is 1. The summed E-state index contributed by atoms with van der Waals surface area (Å²) in [5, 5.41) is 15.1. The van der Waals surface area contributed by atoms with E-state index >= 15 is 0 Å². The van der Waals surface area contributed by atoms with Gasteiger partial charge >= 0.3 is 0 Å². The molecule has 0 atom stereocenters. The minimum absolute atomic E-state index is 0. The number of hydrogen-bond acceptors (Lipinski definition) is 4. The number of aryl methyl sites for hydroxylation is 2. The summed E-state index contributed by atoms with van der Waals surface area (Å²) in [7, 11) is 1.97. The number of aromatic nitrogens is 3. The van der Waals surface area contributed by atoms with Gasteiger partial charge in [-0.25, -0.2) is 4.99 Å². The lowest BCUT2D eigenvalue weighted by Gasteiger charge is -2.11. The molecule has 140 valence electrons. The van der Waals surface area contributed by atoms with Crippen molar-refractivity contribution in [3.63, 3.8) is 0 Å². The van der Waals surface area contributed by atoms with Crippen LogP contribution in [0.5, 0.6) is 0 Å². The van der Waals surface area contributed by atoms with Crippen molar-refractivity contribution in [2.45, 2.75) is 53.1 Å². The molecule has 0 radical (unpaired) electrons. The van der Waals surface area contributed by atoms with Crippen molar-refractivity contribution >= 4 is 41.3 Å². The van der Waals surface area contributed by atoms with Crippen molar-refractivity contribution < 1.29 is 0 Å².